The van der Waals surface area contributed by atoms with E-state index in [0.717, 1.165) is 56.5 Å². The van der Waals surface area contributed by atoms with Gasteiger partial charge in [-0.1, -0.05) is 0 Å². The molecule has 0 aromatic heterocycles. The summed E-state index contributed by atoms with van der Waals surface area (Å²) in [7, 11) is 0. The monoisotopic (exact) mass is 968 g/mol. The molecule has 0 amide bonds. The number of hydrogen-bond donors (Lipinski definition) is 0. The summed E-state index contributed by atoms with van der Waals surface area (Å²) in [6.07, 6.45) is 0. The van der Waals surface area contributed by atoms with E-state index >= 15 is 0 Å². The van der Waals surface area contributed by atoms with E-state index in [1.165, 1.54) is 71.9 Å². The molecular weight excluding hydrogens is 930 g/mol. The topological polar surface area (TPSA) is 31.4 Å². The van der Waals surface area contributed by atoms with Crippen molar-refractivity contribution in [3.63, 3.8) is 0 Å². The summed E-state index contributed by atoms with van der Waals surface area (Å²) in [6.45, 7) is 0. The molecule has 6 heterocycles. The Balaban J connectivity index is 1.04. The Morgan fingerprint density at radius 2 is 0.576 bits per heavy atom. The van der Waals surface area contributed by atoms with E-state index in [2.05, 4.69) is 226 Å². The van der Waals surface area contributed by atoms with Crippen LogP contribution in [0.15, 0.2) is 206 Å². The first-order valence-corrected chi connectivity index (χ1v) is 30.0. The number of anilines is 12. The second-order valence-electron chi connectivity index (χ2n) is 17.9. The summed E-state index contributed by atoms with van der Waals surface area (Å²) in [4.78, 5) is 9.99. The summed E-state index contributed by atoms with van der Waals surface area (Å²) < 4.78 is 23.7. The van der Waals surface area contributed by atoms with Crippen LogP contribution < -0.4 is 55.4 Å². The van der Waals surface area contributed by atoms with Gasteiger partial charge in [-0.2, -0.15) is 0 Å². The molecule has 0 saturated carbocycles. The summed E-state index contributed by atoms with van der Waals surface area (Å²) in [5.41, 5.74) is 14.5. The van der Waals surface area contributed by atoms with Crippen LogP contribution in [0.1, 0.15) is 0 Å². The molecule has 2 atom stereocenters. The van der Waals surface area contributed by atoms with E-state index in [9.17, 15) is 0 Å². The second-order valence-corrected chi connectivity index (χ2v) is 28.8. The minimum absolute atomic E-state index is 0.970. The molecule has 308 valence electrons. The molecule has 2 unspecified atom stereocenters. The van der Waals surface area contributed by atoms with Crippen molar-refractivity contribution in [3.05, 3.63) is 206 Å². The third-order valence-electron chi connectivity index (χ3n) is 14.7. The van der Waals surface area contributed by atoms with Crippen molar-refractivity contribution < 1.29 is 9.47 Å². The van der Waals surface area contributed by atoms with E-state index in [-0.39, 0.29) is 0 Å². The zero-order valence-corrected chi connectivity index (χ0v) is 40.2. The Morgan fingerprint density at radius 1 is 0.273 bits per heavy atom. The Kier molecular flexibility index (Phi) is 7.02. The fourth-order valence-corrected chi connectivity index (χ4v) is 28.5. The zero-order valence-electron chi connectivity index (χ0n) is 35.4. The number of benzene rings is 10. The normalized spacial score (nSPS) is 16.6. The Bertz CT molecular complexity index is 3520. The van der Waals surface area contributed by atoms with Crippen LogP contribution in [0, 0.1) is 0 Å². The average Bonchev–Trinajstić information content (AvgIpc) is 3.37. The molecule has 6 nitrogen and oxygen atoms in total. The Labute approximate surface area is 390 Å². The molecule has 6 aliphatic rings. The van der Waals surface area contributed by atoms with Gasteiger partial charge in [0.05, 0.1) is 0 Å². The Morgan fingerprint density at radius 3 is 0.924 bits per heavy atom. The molecule has 0 N–H and O–H groups in total. The van der Waals surface area contributed by atoms with Gasteiger partial charge in [-0.3, -0.25) is 0 Å². The maximum atomic E-state index is 7.62. The predicted molar refractivity (Wildman–Crippen MR) is 275 cm³/mol. The van der Waals surface area contributed by atoms with E-state index in [4.69, 9.17) is 9.47 Å². The van der Waals surface area contributed by atoms with Crippen molar-refractivity contribution in [2.75, 3.05) is 19.6 Å². The molecule has 0 fully saturated rings. The van der Waals surface area contributed by atoms with Gasteiger partial charge in [0.2, 0.25) is 0 Å². The van der Waals surface area contributed by atoms with Crippen LogP contribution >= 0.6 is 0 Å². The van der Waals surface area contributed by atoms with Crippen molar-refractivity contribution in [1.29, 1.82) is 0 Å². The van der Waals surface area contributed by atoms with Gasteiger partial charge in [0.25, 0.3) is 0 Å². The molecular formula is C58H36Ge2N4O2. The van der Waals surface area contributed by atoms with Crippen LogP contribution in [0.2, 0.25) is 0 Å². The molecule has 0 bridgehead atoms. The summed E-state index contributed by atoms with van der Waals surface area (Å²) in [5.74, 6) is 3.88. The SMILES string of the molecule is c1ccc(N2c3cccc4[c]3[GeH]3[c]5c2cccc5N(c2ccccc2)c2cc5cc6[c]7c(c5c([c]23)O4)Oc2cccc3[c]2[GeH]7[c]2c(cccc2N6c2ccccc2)N3c2ccccc2)cc1. The molecule has 0 spiro atoms. The van der Waals surface area contributed by atoms with Gasteiger partial charge in [0.15, 0.2) is 0 Å². The van der Waals surface area contributed by atoms with Gasteiger partial charge in [0.1, 0.15) is 0 Å². The van der Waals surface area contributed by atoms with Crippen LogP contribution in [-0.2, 0) is 0 Å². The molecule has 10 aromatic rings. The number of fused-ring (bicyclic) bond motifs is 3. The third kappa shape index (κ3) is 4.48. The van der Waals surface area contributed by atoms with Crippen LogP contribution in [-0.4, -0.2) is 28.7 Å². The van der Waals surface area contributed by atoms with Gasteiger partial charge in [0, 0.05) is 0 Å². The molecule has 66 heavy (non-hydrogen) atoms. The minimum atomic E-state index is -2.95. The average molecular weight is 966 g/mol. The van der Waals surface area contributed by atoms with Crippen molar-refractivity contribution >= 4 is 134 Å². The van der Waals surface area contributed by atoms with Gasteiger partial charge in [-0.05, 0) is 0 Å². The number of ether oxygens (including phenoxy) is 2. The predicted octanol–water partition coefficient (Wildman–Crippen LogP) is 10.7. The van der Waals surface area contributed by atoms with Crippen LogP contribution in [0.3, 0.4) is 0 Å². The van der Waals surface area contributed by atoms with Gasteiger partial charge < -0.3 is 0 Å². The van der Waals surface area contributed by atoms with E-state index in [0.29, 0.717) is 0 Å². The number of nitrogens with zero attached hydrogens (tertiary/aromatic N) is 4. The van der Waals surface area contributed by atoms with Gasteiger partial charge >= 0.3 is 392 Å². The first kappa shape index (κ1) is 35.7. The van der Waals surface area contributed by atoms with E-state index in [1.54, 1.807) is 0 Å². The van der Waals surface area contributed by atoms with Crippen LogP contribution in [0.4, 0.5) is 68.2 Å². The second kappa shape index (κ2) is 13.0. The van der Waals surface area contributed by atoms with E-state index < -0.39 is 28.7 Å². The summed E-state index contributed by atoms with van der Waals surface area (Å²) >= 11 is -5.90. The third-order valence-corrected chi connectivity index (χ3v) is 29.2. The molecule has 0 saturated heterocycles. The van der Waals surface area contributed by atoms with Crippen LogP contribution in [0.25, 0.3) is 10.8 Å². The van der Waals surface area contributed by atoms with Crippen molar-refractivity contribution in [3.8, 4) is 23.0 Å². The molecule has 16 rings (SSSR count). The van der Waals surface area contributed by atoms with Crippen molar-refractivity contribution in [2.24, 2.45) is 0 Å². The molecule has 0 aliphatic carbocycles. The molecule has 6 aliphatic heterocycles. The number of rotatable bonds is 4. The van der Waals surface area contributed by atoms with Crippen molar-refractivity contribution in [2.45, 2.75) is 0 Å². The first-order chi connectivity index (χ1) is 32.8. The fraction of sp³-hybridized carbons (Fsp3) is 0. The first-order valence-electron chi connectivity index (χ1n) is 22.8. The summed E-state index contributed by atoms with van der Waals surface area (Å²) in [5, 5.41) is 2.21. The molecule has 0 radical (unpaired) electrons. The maximum absolute atomic E-state index is 7.62. The van der Waals surface area contributed by atoms with Gasteiger partial charge in [-0.15, -0.1) is 0 Å². The van der Waals surface area contributed by atoms with Gasteiger partial charge in [-0.25, -0.2) is 0 Å². The zero-order chi connectivity index (χ0) is 42.8. The quantitative estimate of drug-likeness (QED) is 0.163. The standard InChI is InChI=1S/C58H36Ge2N4O2/c1-5-17-36(18-6-1)61-40-25-13-27-42-51(40)59-53-44(61)29-15-31-48(53)65-57-50-35(33-46(55(57)59)63(42)38-21-9-3-10-22-38)34-47-56-58(50)66-49-32-16-30-45-54(49)60(56)52-41(62(45)37-19-7-2-8-20-37)26-14-28-43(52)64(47)39-23-11-4-12-24-39/h1-34,59-60H. The van der Waals surface area contributed by atoms with Crippen molar-refractivity contribution in [1.82, 2.24) is 0 Å². The number of hydrogen-bond acceptors (Lipinski definition) is 6. The number of para-hydroxylation sites is 4. The van der Waals surface area contributed by atoms with Crippen LogP contribution in [0.5, 0.6) is 23.0 Å². The molecule has 8 heteroatoms. The fourth-order valence-electron chi connectivity index (χ4n) is 12.3. The molecule has 10 aromatic carbocycles. The van der Waals surface area contributed by atoms with E-state index in [1.807, 2.05) is 0 Å². The Hall–Kier alpha value is -7.65. The summed E-state index contributed by atoms with van der Waals surface area (Å²) in [6, 6.07) is 75.8.